The van der Waals surface area contributed by atoms with Gasteiger partial charge in [0.25, 0.3) is 0 Å². The molecule has 25 heavy (non-hydrogen) atoms. The topological polar surface area (TPSA) is 58.6 Å². The lowest BCUT2D eigenvalue weighted by atomic mass is 10.0. The number of carbonyl (C=O) groups is 1. The summed E-state index contributed by atoms with van der Waals surface area (Å²) in [5, 5.41) is 12.3. The summed E-state index contributed by atoms with van der Waals surface area (Å²) in [5.74, 6) is -0.664. The predicted octanol–water partition coefficient (Wildman–Crippen LogP) is 4.37. The van der Waals surface area contributed by atoms with Gasteiger partial charge in [0, 0.05) is 22.1 Å². The third-order valence-electron chi connectivity index (χ3n) is 3.81. The quantitative estimate of drug-likeness (QED) is 0.679. The third kappa shape index (κ3) is 5.54. The first-order chi connectivity index (χ1) is 11.9. The molecule has 0 heterocycles. The molecule has 0 spiro atoms. The lowest BCUT2D eigenvalue weighted by Gasteiger charge is -2.19. The number of halogens is 2. The van der Waals surface area contributed by atoms with Crippen LogP contribution in [0.3, 0.4) is 0 Å². The molecule has 0 aliphatic rings. The lowest BCUT2D eigenvalue weighted by Crippen LogP contribution is -2.40. The van der Waals surface area contributed by atoms with E-state index in [0.717, 1.165) is 10.0 Å². The van der Waals surface area contributed by atoms with E-state index in [1.54, 1.807) is 24.3 Å². The highest BCUT2D eigenvalue weighted by Crippen LogP contribution is 2.25. The number of benzene rings is 2. The maximum absolute atomic E-state index is 13.7. The van der Waals surface area contributed by atoms with Crippen molar-refractivity contribution < 1.29 is 19.0 Å². The first kappa shape index (κ1) is 19.4. The zero-order valence-corrected chi connectivity index (χ0v) is 15.7. The van der Waals surface area contributed by atoms with Crippen molar-refractivity contribution in [3.05, 3.63) is 63.9 Å². The Morgan fingerprint density at radius 3 is 2.60 bits per heavy atom. The van der Waals surface area contributed by atoms with Crippen molar-refractivity contribution in [2.45, 2.75) is 33.0 Å². The Balaban J connectivity index is 2.11. The van der Waals surface area contributed by atoms with E-state index in [4.69, 9.17) is 4.74 Å². The molecule has 0 aliphatic carbocycles. The van der Waals surface area contributed by atoms with Crippen LogP contribution in [0.5, 0.6) is 5.75 Å². The summed E-state index contributed by atoms with van der Waals surface area (Å²) in [6.07, 6.45) is 0. The Labute approximate surface area is 155 Å². The molecule has 0 amide bonds. The Kier molecular flexibility index (Phi) is 6.96. The number of rotatable bonds is 8. The van der Waals surface area contributed by atoms with E-state index in [0.29, 0.717) is 17.9 Å². The minimum absolute atomic E-state index is 0.0487. The number of nitrogens with one attached hydrogen (secondary N) is 1. The smallest absolute Gasteiger partial charge is 0.320 e. The molecule has 2 aromatic rings. The van der Waals surface area contributed by atoms with Crippen LogP contribution in [0.2, 0.25) is 0 Å². The van der Waals surface area contributed by atoms with Gasteiger partial charge in [-0.2, -0.15) is 0 Å². The monoisotopic (exact) mass is 409 g/mol. The second kappa shape index (κ2) is 8.97. The fourth-order valence-corrected chi connectivity index (χ4v) is 2.83. The van der Waals surface area contributed by atoms with Crippen molar-refractivity contribution in [1.29, 1.82) is 0 Å². The fourth-order valence-electron chi connectivity index (χ4n) is 2.43. The minimum Gasteiger partial charge on any atom is -0.488 e. The van der Waals surface area contributed by atoms with Crippen LogP contribution in [0.1, 0.15) is 25.0 Å². The molecule has 2 aromatic carbocycles. The molecule has 2 rings (SSSR count). The third-order valence-corrected chi connectivity index (χ3v) is 4.30. The molecule has 6 heteroatoms. The molecule has 134 valence electrons. The molecule has 0 aromatic heterocycles. The average Bonchev–Trinajstić information content (AvgIpc) is 2.55. The van der Waals surface area contributed by atoms with Crippen LogP contribution in [0.4, 0.5) is 4.39 Å². The maximum atomic E-state index is 13.7. The first-order valence-electron chi connectivity index (χ1n) is 7.99. The summed E-state index contributed by atoms with van der Waals surface area (Å²) in [5.41, 5.74) is 1.27. The van der Waals surface area contributed by atoms with Gasteiger partial charge in [-0.3, -0.25) is 10.1 Å². The molecule has 4 nitrogen and oxygen atoms in total. The van der Waals surface area contributed by atoms with Crippen LogP contribution in [0.25, 0.3) is 0 Å². The summed E-state index contributed by atoms with van der Waals surface area (Å²) in [6.45, 7) is 4.14. The lowest BCUT2D eigenvalue weighted by molar-refractivity contribution is -0.140. The number of hydrogen-bond acceptors (Lipinski definition) is 3. The molecular formula is C19H21BrFNO3. The summed E-state index contributed by atoms with van der Waals surface area (Å²) >= 11 is 3.41. The van der Waals surface area contributed by atoms with E-state index in [1.165, 1.54) is 6.07 Å². The highest BCUT2D eigenvalue weighted by Gasteiger charge is 2.21. The van der Waals surface area contributed by atoms with E-state index in [2.05, 4.69) is 21.2 Å². The van der Waals surface area contributed by atoms with Gasteiger partial charge in [-0.05, 0) is 30.2 Å². The van der Waals surface area contributed by atoms with Crippen LogP contribution in [-0.2, 0) is 17.9 Å². The fraction of sp³-hybridized carbons (Fsp3) is 0.316. The van der Waals surface area contributed by atoms with Crippen LogP contribution in [0, 0.1) is 11.7 Å². The number of ether oxygens (including phenoxy) is 1. The van der Waals surface area contributed by atoms with Gasteiger partial charge in [0.15, 0.2) is 0 Å². The predicted molar refractivity (Wildman–Crippen MR) is 98.0 cm³/mol. The molecular weight excluding hydrogens is 389 g/mol. The zero-order chi connectivity index (χ0) is 18.4. The van der Waals surface area contributed by atoms with Gasteiger partial charge in [0.2, 0.25) is 0 Å². The molecule has 0 bridgehead atoms. The van der Waals surface area contributed by atoms with E-state index >= 15 is 0 Å². The second-order valence-corrected chi connectivity index (χ2v) is 6.99. The van der Waals surface area contributed by atoms with Gasteiger partial charge in [-0.25, -0.2) is 4.39 Å². The maximum Gasteiger partial charge on any atom is 0.320 e. The molecule has 1 unspecified atom stereocenters. The normalized spacial score (nSPS) is 12.2. The number of aliphatic carboxylic acids is 1. The van der Waals surface area contributed by atoms with Crippen molar-refractivity contribution in [2.24, 2.45) is 5.92 Å². The highest BCUT2D eigenvalue weighted by molar-refractivity contribution is 9.10. The Bertz CT molecular complexity index is 736. The number of hydrogen-bond donors (Lipinski definition) is 2. The molecule has 0 radical (unpaired) electrons. The minimum atomic E-state index is -0.890. The van der Waals surface area contributed by atoms with Gasteiger partial charge >= 0.3 is 5.97 Å². The van der Waals surface area contributed by atoms with Crippen LogP contribution in [0.15, 0.2) is 46.9 Å². The van der Waals surface area contributed by atoms with Crippen LogP contribution in [-0.4, -0.2) is 17.1 Å². The van der Waals surface area contributed by atoms with Gasteiger partial charge in [0.1, 0.15) is 24.2 Å². The zero-order valence-electron chi connectivity index (χ0n) is 14.1. The van der Waals surface area contributed by atoms with Crippen LogP contribution >= 0.6 is 15.9 Å². The average molecular weight is 410 g/mol. The van der Waals surface area contributed by atoms with Gasteiger partial charge < -0.3 is 9.84 Å². The van der Waals surface area contributed by atoms with Gasteiger partial charge in [0.05, 0.1) is 0 Å². The first-order valence-corrected chi connectivity index (χ1v) is 8.78. The van der Waals surface area contributed by atoms with Crippen molar-refractivity contribution in [1.82, 2.24) is 5.32 Å². The van der Waals surface area contributed by atoms with Crippen molar-refractivity contribution in [3.8, 4) is 5.75 Å². The van der Waals surface area contributed by atoms with E-state index in [1.807, 2.05) is 26.0 Å². The van der Waals surface area contributed by atoms with Crippen molar-refractivity contribution in [2.75, 3.05) is 0 Å². The molecule has 0 saturated heterocycles. The molecule has 0 saturated carbocycles. The number of carboxylic acids is 1. The summed E-state index contributed by atoms with van der Waals surface area (Å²) in [6, 6.07) is 11.3. The highest BCUT2D eigenvalue weighted by atomic mass is 79.9. The molecule has 0 fully saturated rings. The van der Waals surface area contributed by atoms with E-state index < -0.39 is 12.0 Å². The standard InChI is InChI=1S/C19H21BrFNO3/c1-12(2)18(19(23)24)22-10-14-9-15(20)7-8-17(14)25-11-13-5-3-4-6-16(13)21/h3-9,12,18,22H,10-11H2,1-2H3,(H,23,24). The SMILES string of the molecule is CC(C)C(NCc1cc(Br)ccc1OCc1ccccc1F)C(=O)O. The molecule has 2 N–H and O–H groups in total. The number of carboxylic acid groups (broad SMARTS) is 1. The molecule has 1 atom stereocenters. The second-order valence-electron chi connectivity index (χ2n) is 6.07. The summed E-state index contributed by atoms with van der Waals surface area (Å²) in [7, 11) is 0. The Hall–Kier alpha value is -1.92. The van der Waals surface area contributed by atoms with Crippen molar-refractivity contribution >= 4 is 21.9 Å². The Morgan fingerprint density at radius 1 is 1.24 bits per heavy atom. The van der Waals surface area contributed by atoms with Crippen molar-refractivity contribution in [3.63, 3.8) is 0 Å². The van der Waals surface area contributed by atoms with Crippen LogP contribution < -0.4 is 10.1 Å². The van der Waals surface area contributed by atoms with E-state index in [9.17, 15) is 14.3 Å². The van der Waals surface area contributed by atoms with Gasteiger partial charge in [-0.1, -0.05) is 48.0 Å². The molecule has 0 aliphatic heterocycles. The Morgan fingerprint density at radius 2 is 1.96 bits per heavy atom. The van der Waals surface area contributed by atoms with E-state index in [-0.39, 0.29) is 18.3 Å². The summed E-state index contributed by atoms with van der Waals surface area (Å²) in [4.78, 5) is 11.3. The largest absolute Gasteiger partial charge is 0.488 e. The summed E-state index contributed by atoms with van der Waals surface area (Å²) < 4.78 is 20.3. The van der Waals surface area contributed by atoms with Gasteiger partial charge in [-0.15, -0.1) is 0 Å².